The highest BCUT2D eigenvalue weighted by atomic mass is 79.9. The number of halogens is 1. The molecule has 0 bridgehead atoms. The maximum Gasteiger partial charge on any atom is 0.414 e. The summed E-state index contributed by atoms with van der Waals surface area (Å²) in [6, 6.07) is 4.97. The van der Waals surface area contributed by atoms with Gasteiger partial charge in [-0.1, -0.05) is 15.9 Å². The highest BCUT2D eigenvalue weighted by molar-refractivity contribution is 9.10. The second kappa shape index (κ2) is 4.97. The van der Waals surface area contributed by atoms with Crippen LogP contribution in [0.15, 0.2) is 22.7 Å². The van der Waals surface area contributed by atoms with E-state index in [1.165, 1.54) is 4.90 Å². The minimum Gasteiger partial charge on any atom is -0.481 e. The van der Waals surface area contributed by atoms with Crippen molar-refractivity contribution >= 4 is 33.7 Å². The predicted molar refractivity (Wildman–Crippen MR) is 68.7 cm³/mol. The molecule has 5 nitrogen and oxygen atoms in total. The van der Waals surface area contributed by atoms with Gasteiger partial charge in [0.25, 0.3) is 0 Å². The molecule has 6 heteroatoms. The third-order valence-electron chi connectivity index (χ3n) is 2.79. The molecule has 0 saturated carbocycles. The van der Waals surface area contributed by atoms with Crippen molar-refractivity contribution in [1.82, 2.24) is 0 Å². The molecule has 0 radical (unpaired) electrons. The van der Waals surface area contributed by atoms with Crippen LogP contribution in [0.2, 0.25) is 0 Å². The van der Waals surface area contributed by atoms with Gasteiger partial charge >= 0.3 is 12.1 Å². The fraction of sp³-hybridized carbons (Fsp3) is 0.333. The third-order valence-corrected chi connectivity index (χ3v) is 3.68. The fourth-order valence-electron chi connectivity index (χ4n) is 1.91. The molecule has 1 amide bonds. The number of hydrogen-bond acceptors (Lipinski definition) is 3. The predicted octanol–water partition coefficient (Wildman–Crippen LogP) is 2.56. The van der Waals surface area contributed by atoms with Gasteiger partial charge in [-0.2, -0.15) is 0 Å². The SMILES string of the molecule is Cc1cc(N2C(=O)OCC2CC(=O)O)ccc1Br. The smallest absolute Gasteiger partial charge is 0.414 e. The quantitative estimate of drug-likeness (QED) is 0.931. The Kier molecular flexibility index (Phi) is 3.56. The number of carboxylic acid groups (broad SMARTS) is 1. The summed E-state index contributed by atoms with van der Waals surface area (Å²) in [4.78, 5) is 23.8. The minimum atomic E-state index is -0.947. The van der Waals surface area contributed by atoms with Gasteiger partial charge in [-0.3, -0.25) is 9.69 Å². The average Bonchev–Trinajstić information content (AvgIpc) is 2.63. The van der Waals surface area contributed by atoms with Crippen molar-refractivity contribution in [2.24, 2.45) is 0 Å². The normalized spacial score (nSPS) is 18.9. The van der Waals surface area contributed by atoms with Gasteiger partial charge in [-0.05, 0) is 30.7 Å². The fourth-order valence-corrected chi connectivity index (χ4v) is 2.15. The van der Waals surface area contributed by atoms with E-state index >= 15 is 0 Å². The number of ether oxygens (including phenoxy) is 1. The first-order chi connectivity index (χ1) is 8.49. The van der Waals surface area contributed by atoms with Crippen LogP contribution in [-0.4, -0.2) is 29.8 Å². The second-order valence-corrected chi connectivity index (χ2v) is 4.99. The van der Waals surface area contributed by atoms with Crippen LogP contribution in [0.1, 0.15) is 12.0 Å². The Morgan fingerprint density at radius 2 is 2.33 bits per heavy atom. The molecule has 1 saturated heterocycles. The molecule has 1 fully saturated rings. The number of aryl methyl sites for hydroxylation is 1. The van der Waals surface area contributed by atoms with Gasteiger partial charge in [0.1, 0.15) is 6.61 Å². The Bertz CT molecular complexity index is 503. The first-order valence-electron chi connectivity index (χ1n) is 5.43. The van der Waals surface area contributed by atoms with E-state index < -0.39 is 18.1 Å². The van der Waals surface area contributed by atoms with Crippen molar-refractivity contribution in [1.29, 1.82) is 0 Å². The lowest BCUT2D eigenvalue weighted by atomic mass is 10.1. The van der Waals surface area contributed by atoms with Crippen LogP contribution in [0.5, 0.6) is 0 Å². The molecule has 1 atom stereocenters. The maximum absolute atomic E-state index is 11.7. The summed E-state index contributed by atoms with van der Waals surface area (Å²) < 4.78 is 5.85. The summed E-state index contributed by atoms with van der Waals surface area (Å²) in [6.45, 7) is 2.02. The Hall–Kier alpha value is -1.56. The lowest BCUT2D eigenvalue weighted by Gasteiger charge is -2.20. The molecule has 1 aromatic carbocycles. The Labute approximate surface area is 112 Å². The summed E-state index contributed by atoms with van der Waals surface area (Å²) in [7, 11) is 0. The van der Waals surface area contributed by atoms with Crippen molar-refractivity contribution in [2.75, 3.05) is 11.5 Å². The van der Waals surface area contributed by atoms with Gasteiger partial charge in [-0.25, -0.2) is 4.79 Å². The zero-order valence-corrected chi connectivity index (χ0v) is 11.3. The molecule has 96 valence electrons. The number of hydrogen-bond donors (Lipinski definition) is 1. The van der Waals surface area contributed by atoms with Gasteiger partial charge in [0.05, 0.1) is 12.5 Å². The third kappa shape index (κ3) is 2.48. The van der Waals surface area contributed by atoms with E-state index in [1.54, 1.807) is 6.07 Å². The van der Waals surface area contributed by atoms with Crippen molar-refractivity contribution in [2.45, 2.75) is 19.4 Å². The average molecular weight is 314 g/mol. The van der Waals surface area contributed by atoms with Gasteiger partial charge in [0.2, 0.25) is 0 Å². The molecular weight excluding hydrogens is 302 g/mol. The van der Waals surface area contributed by atoms with Crippen molar-refractivity contribution in [3.63, 3.8) is 0 Å². The van der Waals surface area contributed by atoms with Crippen molar-refractivity contribution < 1.29 is 19.4 Å². The van der Waals surface area contributed by atoms with Crippen LogP contribution in [0.25, 0.3) is 0 Å². The lowest BCUT2D eigenvalue weighted by Crippen LogP contribution is -2.35. The van der Waals surface area contributed by atoms with E-state index in [-0.39, 0.29) is 13.0 Å². The standard InChI is InChI=1S/C12H12BrNO4/c1-7-4-8(2-3-10(7)13)14-9(5-11(15)16)6-18-12(14)17/h2-4,9H,5-6H2,1H3,(H,15,16). The van der Waals surface area contributed by atoms with E-state index in [2.05, 4.69) is 15.9 Å². The molecule has 1 heterocycles. The molecule has 18 heavy (non-hydrogen) atoms. The summed E-state index contributed by atoms with van der Waals surface area (Å²) in [5.41, 5.74) is 1.63. The number of aliphatic carboxylic acids is 1. The first-order valence-corrected chi connectivity index (χ1v) is 6.22. The van der Waals surface area contributed by atoms with E-state index in [9.17, 15) is 9.59 Å². The monoisotopic (exact) mass is 313 g/mol. The van der Waals surface area contributed by atoms with Crippen LogP contribution in [0, 0.1) is 6.92 Å². The number of nitrogens with zero attached hydrogens (tertiary/aromatic N) is 1. The number of cyclic esters (lactones) is 1. The zero-order chi connectivity index (χ0) is 13.3. The van der Waals surface area contributed by atoms with Crippen molar-refractivity contribution in [3.8, 4) is 0 Å². The Morgan fingerprint density at radius 3 is 2.94 bits per heavy atom. The highest BCUT2D eigenvalue weighted by Gasteiger charge is 2.35. The summed E-state index contributed by atoms with van der Waals surface area (Å²) >= 11 is 3.38. The van der Waals surface area contributed by atoms with E-state index in [0.29, 0.717) is 5.69 Å². The first kappa shape index (κ1) is 12.9. The number of carboxylic acids is 1. The molecule has 1 aliphatic rings. The largest absolute Gasteiger partial charge is 0.481 e. The molecule has 1 aromatic rings. The van der Waals surface area contributed by atoms with Crippen LogP contribution in [0.4, 0.5) is 10.5 Å². The minimum absolute atomic E-state index is 0.111. The Balaban J connectivity index is 2.30. The second-order valence-electron chi connectivity index (χ2n) is 4.13. The molecule has 2 rings (SSSR count). The number of carbonyl (C=O) groups is 2. The number of rotatable bonds is 3. The van der Waals surface area contributed by atoms with Gasteiger partial charge < -0.3 is 9.84 Å². The molecular formula is C12H12BrNO4. The number of benzene rings is 1. The lowest BCUT2D eigenvalue weighted by molar-refractivity contribution is -0.137. The molecule has 0 aromatic heterocycles. The van der Waals surface area contributed by atoms with Crippen LogP contribution in [-0.2, 0) is 9.53 Å². The van der Waals surface area contributed by atoms with E-state index in [1.807, 2.05) is 19.1 Å². The molecule has 1 N–H and O–H groups in total. The van der Waals surface area contributed by atoms with Crippen LogP contribution < -0.4 is 4.90 Å². The van der Waals surface area contributed by atoms with Gasteiger partial charge in [0.15, 0.2) is 0 Å². The van der Waals surface area contributed by atoms with E-state index in [0.717, 1.165) is 10.0 Å². The number of amides is 1. The number of carbonyl (C=O) groups excluding carboxylic acids is 1. The highest BCUT2D eigenvalue weighted by Crippen LogP contribution is 2.28. The molecule has 0 spiro atoms. The molecule has 0 aliphatic carbocycles. The van der Waals surface area contributed by atoms with Crippen LogP contribution >= 0.6 is 15.9 Å². The number of anilines is 1. The summed E-state index contributed by atoms with van der Waals surface area (Å²) in [5, 5.41) is 8.82. The van der Waals surface area contributed by atoms with Crippen LogP contribution in [0.3, 0.4) is 0 Å². The summed E-state index contributed by atoms with van der Waals surface area (Å²) in [5.74, 6) is -0.947. The zero-order valence-electron chi connectivity index (χ0n) is 9.72. The molecule has 1 aliphatic heterocycles. The maximum atomic E-state index is 11.7. The molecule has 1 unspecified atom stereocenters. The topological polar surface area (TPSA) is 66.8 Å². The van der Waals surface area contributed by atoms with Gasteiger partial charge in [-0.15, -0.1) is 0 Å². The van der Waals surface area contributed by atoms with Gasteiger partial charge in [0, 0.05) is 10.2 Å². The summed E-state index contributed by atoms with van der Waals surface area (Å²) in [6.07, 6.45) is -0.621. The van der Waals surface area contributed by atoms with E-state index in [4.69, 9.17) is 9.84 Å². The Morgan fingerprint density at radius 1 is 1.61 bits per heavy atom. The van der Waals surface area contributed by atoms with Crippen molar-refractivity contribution in [3.05, 3.63) is 28.2 Å².